The van der Waals surface area contributed by atoms with Crippen LogP contribution in [0.15, 0.2) is 59.0 Å². The number of carbonyl (C=O) groups is 4. The maximum Gasteiger partial charge on any atom is 0.365 e. The van der Waals surface area contributed by atoms with E-state index in [1.54, 1.807) is 37.3 Å². The lowest BCUT2D eigenvalue weighted by molar-refractivity contribution is -0.171. The van der Waals surface area contributed by atoms with Gasteiger partial charge in [-0.25, -0.2) is 9.36 Å². The highest BCUT2D eigenvalue weighted by atomic mass is 31.1. The predicted molar refractivity (Wildman–Crippen MR) is 191 cm³/mol. The number of anilines is 1. The Bertz CT molecular complexity index is 1660. The summed E-state index contributed by atoms with van der Waals surface area (Å²) in [7, 11) is -3.27. The monoisotopic (exact) mass is 726 g/mol. The third-order valence-electron chi connectivity index (χ3n) is 8.53. The minimum atomic E-state index is -3.27. The number of furan rings is 1. The second kappa shape index (κ2) is 19.5. The number of hydrogen-bond donors (Lipinski definition) is 3. The van der Waals surface area contributed by atoms with Crippen LogP contribution in [0, 0.1) is 5.92 Å². The van der Waals surface area contributed by atoms with E-state index < -0.39 is 38.0 Å². The summed E-state index contributed by atoms with van der Waals surface area (Å²) in [6, 6.07) is 13.9. The number of nitrogens with one attached hydrogen (secondary N) is 2. The van der Waals surface area contributed by atoms with Crippen LogP contribution in [0.1, 0.15) is 86.6 Å². The predicted octanol–water partition coefficient (Wildman–Crippen LogP) is 5.72. The Labute approximate surface area is 298 Å². The van der Waals surface area contributed by atoms with E-state index in [0.29, 0.717) is 49.2 Å². The van der Waals surface area contributed by atoms with Crippen molar-refractivity contribution >= 4 is 38.1 Å². The molecule has 1 aromatic heterocycles. The molecular weight excluding hydrogens is 679 g/mol. The summed E-state index contributed by atoms with van der Waals surface area (Å²) < 4.78 is 27.5. The molecule has 276 valence electrons. The maximum absolute atomic E-state index is 13.6. The molecular formula is C36H47N4O10P. The zero-order valence-corrected chi connectivity index (χ0v) is 30.2. The van der Waals surface area contributed by atoms with Crippen LogP contribution in [0.2, 0.25) is 0 Å². The van der Waals surface area contributed by atoms with E-state index >= 15 is 0 Å². The third-order valence-corrected chi connectivity index (χ3v) is 8.94. The van der Waals surface area contributed by atoms with Gasteiger partial charge in [0.2, 0.25) is 12.3 Å². The molecule has 1 saturated heterocycles. The highest BCUT2D eigenvalue weighted by molar-refractivity contribution is 7.32. The second-order valence-corrected chi connectivity index (χ2v) is 12.8. The average Bonchev–Trinajstić information content (AvgIpc) is 3.84. The highest BCUT2D eigenvalue weighted by Crippen LogP contribution is 2.34. The summed E-state index contributed by atoms with van der Waals surface area (Å²) in [5.74, 6) is -1.73. The van der Waals surface area contributed by atoms with Crippen molar-refractivity contribution in [3.63, 3.8) is 0 Å². The lowest BCUT2D eigenvalue weighted by atomic mass is 9.90. The Morgan fingerprint density at radius 1 is 1.02 bits per heavy atom. The molecule has 1 fully saturated rings. The first-order chi connectivity index (χ1) is 24.7. The van der Waals surface area contributed by atoms with Crippen molar-refractivity contribution in [3.8, 4) is 22.8 Å². The summed E-state index contributed by atoms with van der Waals surface area (Å²) in [6.07, 6.45) is 5.84. The van der Waals surface area contributed by atoms with Gasteiger partial charge in [0, 0.05) is 30.4 Å². The third kappa shape index (κ3) is 11.1. The quantitative estimate of drug-likeness (QED) is 0.0427. The van der Waals surface area contributed by atoms with Gasteiger partial charge in [-0.15, -0.1) is 0 Å². The van der Waals surface area contributed by atoms with Crippen LogP contribution < -0.4 is 24.8 Å². The largest absolute Gasteiger partial charge is 0.494 e. The standard InChI is InChI=1S/C36H47N4O10P/c1-4-7-8-14-30(31(5-2)40(24-41)49-36(44)25-12-11-13-27(19-25)39-17-9-10-18-39)34(42)37-23-38-35(43)33-16-15-32(48-33)26-20-28(47-6-3)22-29(21-26)50-51(45)46/h11-13,15-16,19-22,24,30-31,51H,4-10,14,17-18,23H2,1-3H3,(H,37,42)(H,38,43)(H,45,46). The molecule has 15 heteroatoms. The molecule has 51 heavy (non-hydrogen) atoms. The van der Waals surface area contributed by atoms with E-state index in [1.165, 1.54) is 18.2 Å². The summed E-state index contributed by atoms with van der Waals surface area (Å²) >= 11 is 0. The molecule has 0 spiro atoms. The fraction of sp³-hybridized carbons (Fsp3) is 0.444. The number of rotatable bonds is 20. The van der Waals surface area contributed by atoms with E-state index in [1.807, 2.05) is 19.9 Å². The molecule has 0 saturated carbocycles. The Hall–Kier alpha value is -4.81. The van der Waals surface area contributed by atoms with Crippen molar-refractivity contribution < 1.29 is 47.2 Å². The van der Waals surface area contributed by atoms with Gasteiger partial charge in [-0.1, -0.05) is 39.2 Å². The molecule has 0 aliphatic carbocycles. The number of amides is 3. The smallest absolute Gasteiger partial charge is 0.365 e. The van der Waals surface area contributed by atoms with Crippen LogP contribution in [-0.4, -0.2) is 66.6 Å². The number of hydrogen-bond acceptors (Lipinski definition) is 10. The van der Waals surface area contributed by atoms with Gasteiger partial charge in [0.15, 0.2) is 5.76 Å². The van der Waals surface area contributed by atoms with Crippen molar-refractivity contribution in [1.82, 2.24) is 15.7 Å². The molecule has 3 N–H and O–H groups in total. The maximum atomic E-state index is 13.6. The first-order valence-electron chi connectivity index (χ1n) is 17.3. The minimum absolute atomic E-state index is 0.0435. The fourth-order valence-electron chi connectivity index (χ4n) is 6.04. The van der Waals surface area contributed by atoms with Crippen LogP contribution in [0.3, 0.4) is 0 Å². The Morgan fingerprint density at radius 3 is 2.47 bits per heavy atom. The van der Waals surface area contributed by atoms with Crippen LogP contribution >= 0.6 is 8.25 Å². The first-order valence-corrected chi connectivity index (χ1v) is 18.6. The van der Waals surface area contributed by atoms with Gasteiger partial charge < -0.3 is 38.9 Å². The van der Waals surface area contributed by atoms with Crippen LogP contribution in [-0.2, 0) is 19.0 Å². The summed E-state index contributed by atoms with van der Waals surface area (Å²) in [6.45, 7) is 7.56. The van der Waals surface area contributed by atoms with Crippen LogP contribution in [0.25, 0.3) is 11.3 Å². The zero-order valence-electron chi connectivity index (χ0n) is 29.2. The van der Waals surface area contributed by atoms with Crippen molar-refractivity contribution in [1.29, 1.82) is 0 Å². The average molecular weight is 727 g/mol. The van der Waals surface area contributed by atoms with Crippen molar-refractivity contribution in [3.05, 3.63) is 65.9 Å². The number of unbranched alkanes of at least 4 members (excludes halogenated alkanes) is 2. The Morgan fingerprint density at radius 2 is 1.78 bits per heavy atom. The molecule has 0 radical (unpaired) electrons. The van der Waals surface area contributed by atoms with E-state index in [-0.39, 0.29) is 23.9 Å². The van der Waals surface area contributed by atoms with E-state index in [9.17, 15) is 28.6 Å². The van der Waals surface area contributed by atoms with E-state index in [2.05, 4.69) is 15.5 Å². The Balaban J connectivity index is 1.40. The number of hydroxylamine groups is 2. The molecule has 0 bridgehead atoms. The molecule has 4 rings (SSSR count). The normalized spacial score (nSPS) is 14.2. The summed E-state index contributed by atoms with van der Waals surface area (Å²) in [5.41, 5.74) is 1.66. The SMILES string of the molecule is CCCCCC(C(=O)NCNC(=O)c1ccc(-c2cc(OCC)cc(O[PH](=O)O)c2)o1)C(CC)N(C=O)OC(=O)c1cccc(N2CCCC2)c1. The second-order valence-electron chi connectivity index (χ2n) is 12.0. The number of ether oxygens (including phenoxy) is 1. The summed E-state index contributed by atoms with van der Waals surface area (Å²) in [4.78, 5) is 69.0. The van der Waals surface area contributed by atoms with Gasteiger partial charge in [-0.3, -0.25) is 14.4 Å². The van der Waals surface area contributed by atoms with Crippen molar-refractivity contribution in [2.75, 3.05) is 31.3 Å². The zero-order chi connectivity index (χ0) is 36.8. The van der Waals surface area contributed by atoms with Gasteiger partial charge in [0.25, 0.3) is 5.91 Å². The number of benzene rings is 2. The fourth-order valence-corrected chi connectivity index (χ4v) is 6.36. The van der Waals surface area contributed by atoms with Crippen molar-refractivity contribution in [2.24, 2.45) is 5.92 Å². The molecule has 2 aromatic carbocycles. The van der Waals surface area contributed by atoms with Gasteiger partial charge in [0.05, 0.1) is 30.8 Å². The van der Waals surface area contributed by atoms with Gasteiger partial charge >= 0.3 is 14.2 Å². The van der Waals surface area contributed by atoms with Crippen LogP contribution in [0.5, 0.6) is 11.5 Å². The van der Waals surface area contributed by atoms with Gasteiger partial charge in [-0.05, 0) is 75.1 Å². The topological polar surface area (TPSA) is 177 Å². The molecule has 3 unspecified atom stereocenters. The molecule has 3 amide bonds. The first kappa shape index (κ1) is 39.0. The molecule has 3 atom stereocenters. The van der Waals surface area contributed by atoms with Crippen molar-refractivity contribution in [2.45, 2.75) is 71.8 Å². The molecule has 2 heterocycles. The van der Waals surface area contributed by atoms with E-state index in [4.69, 9.17) is 18.5 Å². The minimum Gasteiger partial charge on any atom is -0.494 e. The van der Waals surface area contributed by atoms with Gasteiger partial charge in [-0.2, -0.15) is 5.06 Å². The lowest BCUT2D eigenvalue weighted by Gasteiger charge is -2.32. The number of carbonyl (C=O) groups excluding carboxylic acids is 4. The van der Waals surface area contributed by atoms with Crippen LogP contribution in [0.4, 0.5) is 5.69 Å². The summed E-state index contributed by atoms with van der Waals surface area (Å²) in [5, 5.41) is 6.27. The van der Waals surface area contributed by atoms with E-state index in [0.717, 1.165) is 49.5 Å². The highest BCUT2D eigenvalue weighted by Gasteiger charge is 2.34. The molecule has 1 aliphatic rings. The Kier molecular flexibility index (Phi) is 14.9. The number of nitrogens with zero attached hydrogens (tertiary/aromatic N) is 2. The molecule has 1 aliphatic heterocycles. The van der Waals surface area contributed by atoms with Gasteiger partial charge in [0.1, 0.15) is 17.3 Å². The molecule has 14 nitrogen and oxygen atoms in total. The molecule has 3 aromatic rings. The lowest BCUT2D eigenvalue weighted by Crippen LogP contribution is -2.49.